The van der Waals surface area contributed by atoms with Crippen LogP contribution in [0.2, 0.25) is 0 Å². The number of hydrogen-bond acceptors (Lipinski definition) is 7. The third-order valence-corrected chi connectivity index (χ3v) is 7.18. The zero-order chi connectivity index (χ0) is 24.5. The van der Waals surface area contributed by atoms with Crippen LogP contribution in [0.25, 0.3) is 22.0 Å². The van der Waals surface area contributed by atoms with Crippen molar-refractivity contribution in [1.29, 1.82) is 0 Å². The lowest BCUT2D eigenvalue weighted by Crippen LogP contribution is -2.31. The van der Waals surface area contributed by atoms with E-state index in [1.54, 1.807) is 53.9 Å². The number of sulfonamides is 1. The summed E-state index contributed by atoms with van der Waals surface area (Å²) < 4.78 is 25.6. The summed E-state index contributed by atoms with van der Waals surface area (Å²) >= 11 is 1.24. The molecule has 2 aromatic carbocycles. The highest BCUT2D eigenvalue weighted by molar-refractivity contribution is 7.92. The van der Waals surface area contributed by atoms with Crippen LogP contribution in [0.15, 0.2) is 63.5 Å². The number of amides is 1. The molecule has 0 saturated heterocycles. The minimum absolute atomic E-state index is 0.0122. The van der Waals surface area contributed by atoms with E-state index in [-0.39, 0.29) is 24.4 Å². The van der Waals surface area contributed by atoms with Crippen molar-refractivity contribution in [2.45, 2.75) is 13.0 Å². The average Bonchev–Trinajstić information content (AvgIpc) is 3.28. The largest absolute Gasteiger partial charge is 0.302 e. The normalized spacial score (nSPS) is 11.5. The van der Waals surface area contributed by atoms with Gasteiger partial charge in [-0.1, -0.05) is 24.3 Å². The number of nitrogens with zero attached hydrogens (tertiary/aromatic N) is 3. The smallest absolute Gasteiger partial charge is 0.273 e. The van der Waals surface area contributed by atoms with Gasteiger partial charge in [-0.2, -0.15) is 0 Å². The van der Waals surface area contributed by atoms with Crippen LogP contribution in [-0.4, -0.2) is 42.4 Å². The molecular weight excluding hydrogens is 478 g/mol. The number of rotatable bonds is 7. The molecule has 0 radical (unpaired) electrons. The van der Waals surface area contributed by atoms with Crippen molar-refractivity contribution in [1.82, 2.24) is 14.8 Å². The molecular formula is C22H21N5O5S2. The van der Waals surface area contributed by atoms with Gasteiger partial charge in [0.15, 0.2) is 5.13 Å². The number of aryl methyl sites for hydroxylation is 1. The number of nitrogens with one attached hydrogen (secondary N) is 2. The summed E-state index contributed by atoms with van der Waals surface area (Å²) in [7, 11) is -1.88. The first-order valence-electron chi connectivity index (χ1n) is 10.1. The van der Waals surface area contributed by atoms with Gasteiger partial charge in [0.05, 0.1) is 35.0 Å². The van der Waals surface area contributed by atoms with Crippen molar-refractivity contribution in [3.63, 3.8) is 0 Å². The predicted octanol–water partition coefficient (Wildman–Crippen LogP) is 2.24. The first-order valence-corrected chi connectivity index (χ1v) is 12.9. The van der Waals surface area contributed by atoms with Crippen LogP contribution >= 0.6 is 11.3 Å². The molecule has 0 saturated carbocycles. The number of hydrogen-bond donors (Lipinski definition) is 2. The second-order valence-electron chi connectivity index (χ2n) is 7.56. The Morgan fingerprint density at radius 2 is 1.79 bits per heavy atom. The summed E-state index contributed by atoms with van der Waals surface area (Å²) in [6.07, 6.45) is 1.10. The number of H-pyrrole nitrogens is 1. The van der Waals surface area contributed by atoms with Crippen molar-refractivity contribution < 1.29 is 13.2 Å². The van der Waals surface area contributed by atoms with Crippen LogP contribution in [-0.2, 0) is 21.4 Å². The van der Waals surface area contributed by atoms with Gasteiger partial charge in [0, 0.05) is 24.4 Å². The highest BCUT2D eigenvalue weighted by atomic mass is 32.2. The predicted molar refractivity (Wildman–Crippen MR) is 133 cm³/mol. The second kappa shape index (κ2) is 9.23. The number of thiazole rings is 1. The third kappa shape index (κ3) is 4.92. The standard InChI is InChI=1S/C22H21N5O5S2/c1-26(34(2,31)32)15-9-7-14(8-10-15)18-13-33-22(23-18)24-19(28)11-12-27-21(30)17-6-4-3-5-16(17)20(29)25-27/h3-10,13H,11-12H2,1-2H3,(H,25,29)(H,23,24,28). The molecule has 176 valence electrons. The van der Waals surface area contributed by atoms with Gasteiger partial charge in [0.25, 0.3) is 11.1 Å². The Morgan fingerprint density at radius 3 is 2.47 bits per heavy atom. The number of carbonyl (C=O) groups excluding carboxylic acids is 1. The maximum Gasteiger partial charge on any atom is 0.273 e. The molecule has 0 spiro atoms. The zero-order valence-electron chi connectivity index (χ0n) is 18.3. The Morgan fingerprint density at radius 1 is 1.12 bits per heavy atom. The summed E-state index contributed by atoms with van der Waals surface area (Å²) in [4.78, 5) is 41.5. The highest BCUT2D eigenvalue weighted by Crippen LogP contribution is 2.27. The van der Waals surface area contributed by atoms with Crippen LogP contribution in [0.5, 0.6) is 0 Å². The molecule has 4 rings (SSSR count). The van der Waals surface area contributed by atoms with Gasteiger partial charge in [-0.3, -0.25) is 23.8 Å². The van der Waals surface area contributed by atoms with Crippen LogP contribution in [0.4, 0.5) is 10.8 Å². The van der Waals surface area contributed by atoms with E-state index >= 15 is 0 Å². The number of carbonyl (C=O) groups is 1. The lowest BCUT2D eigenvalue weighted by Gasteiger charge is -2.16. The molecule has 2 heterocycles. The van der Waals surface area contributed by atoms with E-state index in [9.17, 15) is 22.8 Å². The monoisotopic (exact) mass is 499 g/mol. The fourth-order valence-electron chi connectivity index (χ4n) is 3.30. The van der Waals surface area contributed by atoms with Gasteiger partial charge < -0.3 is 5.32 Å². The van der Waals surface area contributed by atoms with E-state index < -0.39 is 15.6 Å². The average molecular weight is 500 g/mol. The molecule has 0 aliphatic heterocycles. The van der Waals surface area contributed by atoms with Gasteiger partial charge in [0.2, 0.25) is 15.9 Å². The van der Waals surface area contributed by atoms with Gasteiger partial charge in [0.1, 0.15) is 0 Å². The van der Waals surface area contributed by atoms with Crippen LogP contribution in [0.3, 0.4) is 0 Å². The fraction of sp³-hybridized carbons (Fsp3) is 0.182. The molecule has 4 aromatic rings. The lowest BCUT2D eigenvalue weighted by atomic mass is 10.1. The Bertz CT molecular complexity index is 1590. The quantitative estimate of drug-likeness (QED) is 0.401. The molecule has 10 nitrogen and oxygen atoms in total. The minimum Gasteiger partial charge on any atom is -0.302 e. The Hall–Kier alpha value is -3.77. The van der Waals surface area contributed by atoms with Gasteiger partial charge >= 0.3 is 0 Å². The lowest BCUT2D eigenvalue weighted by molar-refractivity contribution is -0.116. The number of aromatic nitrogens is 3. The van der Waals surface area contributed by atoms with E-state index in [2.05, 4.69) is 15.4 Å². The van der Waals surface area contributed by atoms with E-state index in [4.69, 9.17) is 0 Å². The SMILES string of the molecule is CN(c1ccc(-c2csc(NC(=O)CCn3[nH]c(=O)c4ccccc4c3=O)n2)cc1)S(C)(=O)=O. The van der Waals surface area contributed by atoms with Crippen LogP contribution < -0.4 is 20.7 Å². The summed E-state index contributed by atoms with van der Waals surface area (Å²) in [5.74, 6) is -0.355. The van der Waals surface area contributed by atoms with Crippen molar-refractivity contribution in [2.24, 2.45) is 0 Å². The first kappa shape index (κ1) is 23.4. The van der Waals surface area contributed by atoms with Gasteiger partial charge in [-0.05, 0) is 24.3 Å². The number of aromatic amines is 1. The van der Waals surface area contributed by atoms with E-state index in [0.29, 0.717) is 27.3 Å². The second-order valence-corrected chi connectivity index (χ2v) is 10.4. The Kier molecular flexibility index (Phi) is 6.35. The molecule has 2 N–H and O–H groups in total. The van der Waals surface area contributed by atoms with E-state index in [1.807, 2.05) is 0 Å². The molecule has 0 fully saturated rings. The van der Waals surface area contributed by atoms with E-state index in [1.165, 1.54) is 22.7 Å². The highest BCUT2D eigenvalue weighted by Gasteiger charge is 2.13. The van der Waals surface area contributed by atoms with Crippen LogP contribution in [0.1, 0.15) is 6.42 Å². The molecule has 2 aromatic heterocycles. The molecule has 0 aliphatic carbocycles. The fourth-order valence-corrected chi connectivity index (χ4v) is 4.54. The van der Waals surface area contributed by atoms with Crippen molar-refractivity contribution in [3.8, 4) is 11.3 Å². The zero-order valence-corrected chi connectivity index (χ0v) is 19.9. The number of fused-ring (bicyclic) bond motifs is 1. The molecule has 34 heavy (non-hydrogen) atoms. The van der Waals surface area contributed by atoms with Crippen molar-refractivity contribution >= 4 is 48.9 Å². The minimum atomic E-state index is -3.35. The molecule has 0 unspecified atom stereocenters. The summed E-state index contributed by atoms with van der Waals surface area (Å²) in [6.45, 7) is 0.0122. The maximum atomic E-state index is 12.5. The third-order valence-electron chi connectivity index (χ3n) is 5.22. The Balaban J connectivity index is 1.41. The van der Waals surface area contributed by atoms with Gasteiger partial charge in [-0.15, -0.1) is 11.3 Å². The maximum absolute atomic E-state index is 12.5. The summed E-state index contributed by atoms with van der Waals surface area (Å²) in [5.41, 5.74) is 1.15. The van der Waals surface area contributed by atoms with Crippen molar-refractivity contribution in [3.05, 3.63) is 74.6 Å². The molecule has 1 amide bonds. The Labute approximate surface area is 198 Å². The van der Waals surface area contributed by atoms with Crippen LogP contribution in [0, 0.1) is 0 Å². The van der Waals surface area contributed by atoms with Gasteiger partial charge in [-0.25, -0.2) is 18.1 Å². The molecule has 0 aliphatic rings. The van der Waals surface area contributed by atoms with Crippen molar-refractivity contribution in [2.75, 3.05) is 22.9 Å². The molecule has 0 bridgehead atoms. The number of benzene rings is 2. The summed E-state index contributed by atoms with van der Waals surface area (Å²) in [5, 5.41) is 7.96. The molecule has 0 atom stereocenters. The summed E-state index contributed by atoms with van der Waals surface area (Å²) in [6, 6.07) is 13.4. The first-order chi connectivity index (χ1) is 16.1. The topological polar surface area (TPSA) is 134 Å². The molecule has 12 heteroatoms. The van der Waals surface area contributed by atoms with E-state index in [0.717, 1.165) is 16.5 Å². The number of anilines is 2.